The molecular formula is C26H31Cl2N5OS. The van der Waals surface area contributed by atoms with Crippen LogP contribution < -0.4 is 10.5 Å². The van der Waals surface area contributed by atoms with Gasteiger partial charge in [0.1, 0.15) is 4.83 Å². The molecule has 4 aromatic rings. The highest BCUT2D eigenvalue weighted by atomic mass is 35.5. The molecule has 186 valence electrons. The van der Waals surface area contributed by atoms with Crippen molar-refractivity contribution in [2.24, 2.45) is 0 Å². The van der Waals surface area contributed by atoms with E-state index in [1.165, 1.54) is 26.9 Å². The van der Waals surface area contributed by atoms with Gasteiger partial charge < -0.3 is 9.80 Å². The molecule has 1 saturated heterocycles. The van der Waals surface area contributed by atoms with Crippen LogP contribution in [0.25, 0.3) is 21.0 Å². The first-order chi connectivity index (χ1) is 16.2. The Hall–Kier alpha value is -2.16. The molecule has 9 heteroatoms. The average molecular weight is 533 g/mol. The summed E-state index contributed by atoms with van der Waals surface area (Å²) < 4.78 is 1.82. The number of thiophene rings is 1. The Morgan fingerprint density at radius 2 is 1.71 bits per heavy atom. The molecule has 0 amide bonds. The molecule has 4 heterocycles. The zero-order valence-corrected chi connectivity index (χ0v) is 22.3. The quantitative estimate of drug-likeness (QED) is 0.393. The van der Waals surface area contributed by atoms with Crippen molar-refractivity contribution in [3.63, 3.8) is 0 Å². The maximum absolute atomic E-state index is 13.3. The number of hydrogen-bond acceptors (Lipinski definition) is 6. The molecule has 6 rings (SSSR count). The van der Waals surface area contributed by atoms with Crippen LogP contribution in [0.4, 0.5) is 5.69 Å². The molecule has 0 aliphatic carbocycles. The highest BCUT2D eigenvalue weighted by Crippen LogP contribution is 2.31. The summed E-state index contributed by atoms with van der Waals surface area (Å²) in [6.07, 6.45) is 2.70. The van der Waals surface area contributed by atoms with Crippen molar-refractivity contribution in [1.82, 2.24) is 19.4 Å². The first-order valence-corrected chi connectivity index (χ1v) is 12.6. The smallest absolute Gasteiger partial charge is 0.262 e. The predicted molar refractivity (Wildman–Crippen MR) is 151 cm³/mol. The molecule has 0 unspecified atom stereocenters. The third kappa shape index (κ3) is 4.93. The van der Waals surface area contributed by atoms with Gasteiger partial charge in [-0.2, -0.15) is 0 Å². The largest absolute Gasteiger partial charge is 0.368 e. The van der Waals surface area contributed by atoms with E-state index in [4.69, 9.17) is 0 Å². The number of nitrogens with zero attached hydrogens (tertiary/aromatic N) is 5. The van der Waals surface area contributed by atoms with Crippen LogP contribution in [0.3, 0.4) is 0 Å². The number of likely N-dealkylation sites (N-methyl/N-ethyl adjacent to an activating group) is 1. The van der Waals surface area contributed by atoms with Crippen molar-refractivity contribution in [2.45, 2.75) is 19.5 Å². The highest BCUT2D eigenvalue weighted by Gasteiger charge is 2.23. The SMILES string of the molecule is CN1CCc2c(sc3ncn(CCN4CCN(c5cccc6ccccc56)CC4)c(=O)c23)C1.Cl.Cl. The molecule has 2 aliphatic rings. The molecule has 35 heavy (non-hydrogen) atoms. The minimum atomic E-state index is 0. The molecule has 0 bridgehead atoms. The van der Waals surface area contributed by atoms with E-state index in [1.807, 2.05) is 4.57 Å². The van der Waals surface area contributed by atoms with Crippen molar-refractivity contribution >= 4 is 62.8 Å². The van der Waals surface area contributed by atoms with Gasteiger partial charge in [-0.15, -0.1) is 36.2 Å². The van der Waals surface area contributed by atoms with Gasteiger partial charge in [-0.3, -0.25) is 14.3 Å². The van der Waals surface area contributed by atoms with Crippen molar-refractivity contribution in [3.8, 4) is 0 Å². The number of piperazine rings is 1. The minimum absolute atomic E-state index is 0. The van der Waals surface area contributed by atoms with Gasteiger partial charge >= 0.3 is 0 Å². The van der Waals surface area contributed by atoms with E-state index >= 15 is 0 Å². The molecule has 0 N–H and O–H groups in total. The van der Waals surface area contributed by atoms with Crippen LogP contribution in [-0.4, -0.2) is 65.7 Å². The number of fused-ring (bicyclic) bond motifs is 4. The molecule has 2 aromatic carbocycles. The first kappa shape index (κ1) is 25.9. The van der Waals surface area contributed by atoms with Crippen LogP contribution >= 0.6 is 36.2 Å². The standard InChI is InChI=1S/C26H29N5OS.2ClH/c1-28-10-9-21-23(17-28)33-25-24(21)26(32)31(18-27-25)16-13-29-11-14-30(15-12-29)22-8-4-6-19-5-2-3-7-20(19)22;;/h2-8,18H,9-17H2,1H3;2*1H. The highest BCUT2D eigenvalue weighted by molar-refractivity contribution is 7.18. The summed E-state index contributed by atoms with van der Waals surface area (Å²) >= 11 is 1.69. The van der Waals surface area contributed by atoms with Crippen molar-refractivity contribution in [2.75, 3.05) is 51.2 Å². The third-order valence-electron chi connectivity index (χ3n) is 7.15. The fraction of sp³-hybridized carbons (Fsp3) is 0.385. The molecule has 0 saturated carbocycles. The van der Waals surface area contributed by atoms with E-state index in [0.29, 0.717) is 6.54 Å². The van der Waals surface area contributed by atoms with Crippen LogP contribution in [0.5, 0.6) is 0 Å². The Labute approximate surface area is 222 Å². The van der Waals surface area contributed by atoms with Gasteiger partial charge in [-0.05, 0) is 30.5 Å². The summed E-state index contributed by atoms with van der Waals surface area (Å²) in [5.41, 5.74) is 2.70. The van der Waals surface area contributed by atoms with E-state index < -0.39 is 0 Å². The Balaban J connectivity index is 0.00000144. The van der Waals surface area contributed by atoms with Gasteiger partial charge in [0.15, 0.2) is 0 Å². The second-order valence-electron chi connectivity index (χ2n) is 9.24. The summed E-state index contributed by atoms with van der Waals surface area (Å²) in [6.45, 7) is 7.54. The lowest BCUT2D eigenvalue weighted by Gasteiger charge is -2.36. The number of rotatable bonds is 4. The lowest BCUT2D eigenvalue weighted by atomic mass is 10.1. The zero-order chi connectivity index (χ0) is 22.4. The van der Waals surface area contributed by atoms with Crippen LogP contribution in [0.1, 0.15) is 10.4 Å². The number of anilines is 1. The van der Waals surface area contributed by atoms with Crippen molar-refractivity contribution in [3.05, 3.63) is 69.6 Å². The van der Waals surface area contributed by atoms with Crippen LogP contribution in [0.15, 0.2) is 53.6 Å². The molecule has 2 aromatic heterocycles. The zero-order valence-electron chi connectivity index (χ0n) is 19.9. The fourth-order valence-corrected chi connectivity index (χ4v) is 6.51. The lowest BCUT2D eigenvalue weighted by molar-refractivity contribution is 0.247. The molecule has 6 nitrogen and oxygen atoms in total. The fourth-order valence-electron chi connectivity index (χ4n) is 5.25. The Kier molecular flexibility index (Phi) is 8.03. The van der Waals surface area contributed by atoms with E-state index in [0.717, 1.165) is 62.5 Å². The Bertz CT molecular complexity index is 1370. The number of halogens is 2. The summed E-state index contributed by atoms with van der Waals surface area (Å²) in [5.74, 6) is 0. The average Bonchev–Trinajstić information content (AvgIpc) is 3.22. The normalized spacial score (nSPS) is 16.7. The third-order valence-corrected chi connectivity index (χ3v) is 8.28. The summed E-state index contributed by atoms with van der Waals surface area (Å²) in [7, 11) is 2.14. The van der Waals surface area contributed by atoms with Crippen molar-refractivity contribution < 1.29 is 0 Å². The van der Waals surface area contributed by atoms with E-state index in [9.17, 15) is 4.79 Å². The van der Waals surface area contributed by atoms with Crippen LogP contribution in [0, 0.1) is 0 Å². The monoisotopic (exact) mass is 531 g/mol. The molecule has 2 aliphatic heterocycles. The van der Waals surface area contributed by atoms with E-state index in [2.05, 4.69) is 69.2 Å². The summed E-state index contributed by atoms with van der Waals surface area (Å²) in [6, 6.07) is 15.2. The summed E-state index contributed by atoms with van der Waals surface area (Å²) in [4.78, 5) is 27.4. The van der Waals surface area contributed by atoms with Gasteiger partial charge in [0, 0.05) is 68.3 Å². The molecular weight excluding hydrogens is 501 g/mol. The van der Waals surface area contributed by atoms with E-state index in [-0.39, 0.29) is 30.4 Å². The van der Waals surface area contributed by atoms with Crippen molar-refractivity contribution in [1.29, 1.82) is 0 Å². The Morgan fingerprint density at radius 1 is 0.943 bits per heavy atom. The second-order valence-corrected chi connectivity index (χ2v) is 10.3. The van der Waals surface area contributed by atoms with E-state index in [1.54, 1.807) is 17.7 Å². The number of hydrogen-bond donors (Lipinski definition) is 0. The molecule has 0 radical (unpaired) electrons. The van der Waals surface area contributed by atoms with Gasteiger partial charge in [0.25, 0.3) is 5.56 Å². The lowest BCUT2D eigenvalue weighted by Crippen LogP contribution is -2.47. The van der Waals surface area contributed by atoms with Crippen LogP contribution in [0.2, 0.25) is 0 Å². The molecule has 0 spiro atoms. The minimum Gasteiger partial charge on any atom is -0.368 e. The Morgan fingerprint density at radius 3 is 2.54 bits per heavy atom. The maximum atomic E-state index is 13.3. The molecule has 0 atom stereocenters. The van der Waals surface area contributed by atoms with Gasteiger partial charge in [-0.1, -0.05) is 36.4 Å². The predicted octanol–water partition coefficient (Wildman–Crippen LogP) is 4.26. The summed E-state index contributed by atoms with van der Waals surface area (Å²) in [5, 5.41) is 3.48. The van der Waals surface area contributed by atoms with Gasteiger partial charge in [-0.25, -0.2) is 4.98 Å². The first-order valence-electron chi connectivity index (χ1n) is 11.8. The van der Waals surface area contributed by atoms with Gasteiger partial charge in [0.05, 0.1) is 11.7 Å². The number of aromatic nitrogens is 2. The number of benzene rings is 2. The maximum Gasteiger partial charge on any atom is 0.262 e. The van der Waals surface area contributed by atoms with Gasteiger partial charge in [0.2, 0.25) is 0 Å². The van der Waals surface area contributed by atoms with Crippen LogP contribution in [-0.2, 0) is 19.5 Å². The second kappa shape index (κ2) is 10.8. The topological polar surface area (TPSA) is 44.6 Å². The molecule has 1 fully saturated rings.